The molecular formula is C53H64N12O8S. The number of carbonyl (C=O) groups excluding carboxylic acids is 5. The largest absolute Gasteiger partial charge is 0.445 e. The summed E-state index contributed by atoms with van der Waals surface area (Å²) in [6.45, 7) is 7.29. The molecule has 0 fully saturated rings. The van der Waals surface area contributed by atoms with E-state index in [4.69, 9.17) is 26.7 Å². The summed E-state index contributed by atoms with van der Waals surface area (Å²) in [5.74, 6) is -0.923. The molecule has 390 valence electrons. The van der Waals surface area contributed by atoms with Crippen molar-refractivity contribution in [3.63, 3.8) is 0 Å². The van der Waals surface area contributed by atoms with Crippen LogP contribution in [0.4, 0.5) is 26.8 Å². The molecule has 0 unspecified atom stereocenters. The first kappa shape index (κ1) is 54.2. The molecule has 0 radical (unpaired) electrons. The topological polar surface area (TPSA) is 289 Å². The fourth-order valence-corrected chi connectivity index (χ4v) is 9.94. The lowest BCUT2D eigenvalue weighted by atomic mass is 9.88. The van der Waals surface area contributed by atoms with Crippen LogP contribution < -0.4 is 38.4 Å². The molecule has 1 aliphatic heterocycles. The number of ether oxygens (including phenoxy) is 2. The van der Waals surface area contributed by atoms with Crippen molar-refractivity contribution in [2.45, 2.75) is 94.9 Å². The molecule has 6 aromatic rings. The number of ketones is 2. The normalized spacial score (nSPS) is 12.7. The molecule has 7 rings (SSSR count). The SMILES string of the molecule is Cc1nc(N)c2[nH]c(=O)n(Cc3ccc4c(c3)Sc3cc(CN(Cc5ccncc5)C(=O)OCc5ccc(CC(=O)[C@H](CCCNC(N)=O)NC(=O)[C@@H](CC(=O)CCOCCN)C(C)C)cc5)ccc3N4C)c2n1. The number of imidazole rings is 1. The van der Waals surface area contributed by atoms with Gasteiger partial charge in [-0.15, -0.1) is 0 Å². The Labute approximate surface area is 433 Å². The zero-order valence-corrected chi connectivity index (χ0v) is 42.9. The first-order chi connectivity index (χ1) is 35.6. The van der Waals surface area contributed by atoms with Crippen molar-refractivity contribution in [2.24, 2.45) is 23.3 Å². The van der Waals surface area contributed by atoms with Crippen molar-refractivity contribution in [3.05, 3.63) is 129 Å². The van der Waals surface area contributed by atoms with E-state index < -0.39 is 30.0 Å². The van der Waals surface area contributed by atoms with Gasteiger partial charge in [0.2, 0.25) is 5.91 Å². The molecule has 0 saturated carbocycles. The molecule has 3 aromatic heterocycles. The van der Waals surface area contributed by atoms with Crippen LogP contribution in [0, 0.1) is 18.8 Å². The number of fused-ring (bicyclic) bond motifs is 3. The molecule has 1 aliphatic rings. The van der Waals surface area contributed by atoms with Gasteiger partial charge < -0.3 is 47.2 Å². The van der Waals surface area contributed by atoms with Crippen molar-refractivity contribution >= 4 is 69.7 Å². The van der Waals surface area contributed by atoms with E-state index in [1.165, 1.54) is 0 Å². The molecular weight excluding hydrogens is 965 g/mol. The van der Waals surface area contributed by atoms with Crippen LogP contribution in [0.3, 0.4) is 0 Å². The Morgan fingerprint density at radius 3 is 2.22 bits per heavy atom. The molecule has 0 saturated heterocycles. The number of aromatic amines is 1. The second-order valence-corrected chi connectivity index (χ2v) is 19.7. The minimum absolute atomic E-state index is 0.00282. The number of Topliss-reactive ketones (excluding diaryl/α,β-unsaturated/α-hetero) is 2. The number of H-pyrrole nitrogens is 1. The predicted molar refractivity (Wildman–Crippen MR) is 281 cm³/mol. The maximum absolute atomic E-state index is 14.0. The maximum atomic E-state index is 14.0. The molecule has 74 heavy (non-hydrogen) atoms. The van der Waals surface area contributed by atoms with E-state index in [1.807, 2.05) is 57.3 Å². The highest BCUT2D eigenvalue weighted by atomic mass is 32.2. The maximum Gasteiger partial charge on any atom is 0.410 e. The van der Waals surface area contributed by atoms with Crippen LogP contribution in [0.2, 0.25) is 0 Å². The lowest BCUT2D eigenvalue weighted by Crippen LogP contribution is -2.46. The number of urea groups is 1. The lowest BCUT2D eigenvalue weighted by molar-refractivity contribution is -0.133. The third-order valence-electron chi connectivity index (χ3n) is 12.7. The van der Waals surface area contributed by atoms with Crippen molar-refractivity contribution in [1.29, 1.82) is 0 Å². The van der Waals surface area contributed by atoms with Crippen LogP contribution in [0.5, 0.6) is 0 Å². The van der Waals surface area contributed by atoms with Crippen LogP contribution in [0.1, 0.15) is 73.2 Å². The Bertz CT molecular complexity index is 3020. The standard InChI is InChI=1S/C53H64N12O8S/c1-32(2)40(27-39(66)17-22-72-23-18-54)50(68)61-41(6-5-19-58-51(56)69)44(67)24-34-7-9-36(10-8-34)31-73-53(71)64(28-35-15-20-57-21-16-35)29-37-11-13-42-45(25-37)74-46-26-38(12-14-43(46)63(42)4)30-65-49-47(62-52(65)70)48(55)59-33(3)60-49/h7-16,20-21,25-26,32,40-41H,5-6,17-19,22-24,27-31,54H2,1-4H3,(H,61,68)(H,62,70)(H2,55,59,60)(H3,56,58,69)/t40-,41-/m0/s1. The highest BCUT2D eigenvalue weighted by molar-refractivity contribution is 7.99. The Hall–Kier alpha value is -7.62. The second kappa shape index (κ2) is 25.4. The number of benzene rings is 3. The molecule has 9 N–H and O–H groups in total. The first-order valence-electron chi connectivity index (χ1n) is 24.5. The monoisotopic (exact) mass is 1030 g/mol. The average Bonchev–Trinajstić information content (AvgIpc) is 3.68. The smallest absolute Gasteiger partial charge is 0.410 e. The van der Waals surface area contributed by atoms with E-state index in [2.05, 4.69) is 47.6 Å². The number of amides is 4. The molecule has 4 heterocycles. The van der Waals surface area contributed by atoms with Crippen molar-refractivity contribution in [1.82, 2.24) is 40.0 Å². The number of carbonyl (C=O) groups is 5. The Kier molecular flexibility index (Phi) is 18.6. The summed E-state index contributed by atoms with van der Waals surface area (Å²) < 4.78 is 12.8. The van der Waals surface area contributed by atoms with Crippen molar-refractivity contribution < 1.29 is 33.4 Å². The zero-order valence-electron chi connectivity index (χ0n) is 42.1. The quantitative estimate of drug-likeness (QED) is 0.0377. The average molecular weight is 1030 g/mol. The minimum atomic E-state index is -0.886. The van der Waals surface area contributed by atoms with Crippen LogP contribution in [-0.4, -0.2) is 98.4 Å². The van der Waals surface area contributed by atoms with Crippen LogP contribution >= 0.6 is 11.8 Å². The molecule has 21 heteroatoms. The van der Waals surface area contributed by atoms with Crippen LogP contribution in [0.25, 0.3) is 11.2 Å². The van der Waals surface area contributed by atoms with Gasteiger partial charge in [-0.1, -0.05) is 62.0 Å². The third kappa shape index (κ3) is 14.3. The molecule has 2 atom stereocenters. The molecule has 20 nitrogen and oxygen atoms in total. The Balaban J connectivity index is 0.995. The summed E-state index contributed by atoms with van der Waals surface area (Å²) in [7, 11) is 2.01. The van der Waals surface area contributed by atoms with Gasteiger partial charge in [0.05, 0.1) is 37.2 Å². The third-order valence-corrected chi connectivity index (χ3v) is 13.8. The number of hydrogen-bond donors (Lipinski definition) is 6. The van der Waals surface area contributed by atoms with Gasteiger partial charge in [0.1, 0.15) is 23.7 Å². The number of hydrogen-bond acceptors (Lipinski definition) is 15. The van der Waals surface area contributed by atoms with E-state index in [1.54, 1.807) is 64.8 Å². The van der Waals surface area contributed by atoms with Gasteiger partial charge in [0.15, 0.2) is 17.2 Å². The number of nitrogens with zero attached hydrogens (tertiary/aromatic N) is 6. The van der Waals surface area contributed by atoms with Crippen molar-refractivity contribution in [2.75, 3.05) is 44.0 Å². The number of pyridine rings is 1. The van der Waals surface area contributed by atoms with Gasteiger partial charge in [0.25, 0.3) is 0 Å². The number of nitrogens with one attached hydrogen (secondary N) is 3. The van der Waals surface area contributed by atoms with Gasteiger partial charge in [0, 0.05) is 80.6 Å². The summed E-state index contributed by atoms with van der Waals surface area (Å²) in [5, 5.41) is 5.42. The van der Waals surface area contributed by atoms with E-state index >= 15 is 0 Å². The fourth-order valence-electron chi connectivity index (χ4n) is 8.66. The summed E-state index contributed by atoms with van der Waals surface area (Å²) in [6.07, 6.45) is 3.58. The molecule has 4 amide bonds. The van der Waals surface area contributed by atoms with Crippen LogP contribution in [-0.2, 0) is 56.5 Å². The Morgan fingerprint density at radius 1 is 0.865 bits per heavy atom. The van der Waals surface area contributed by atoms with Crippen molar-refractivity contribution in [3.8, 4) is 0 Å². The first-order valence-corrected chi connectivity index (χ1v) is 25.3. The number of anilines is 3. The number of primary amides is 1. The Morgan fingerprint density at radius 2 is 1.53 bits per heavy atom. The lowest BCUT2D eigenvalue weighted by Gasteiger charge is -2.30. The fraction of sp³-hybridized carbons (Fsp3) is 0.377. The van der Waals surface area contributed by atoms with Gasteiger partial charge >= 0.3 is 17.8 Å². The summed E-state index contributed by atoms with van der Waals surface area (Å²) >= 11 is 1.61. The van der Waals surface area contributed by atoms with Gasteiger partial charge in [-0.25, -0.2) is 24.4 Å². The molecule has 3 aromatic carbocycles. The van der Waals surface area contributed by atoms with Gasteiger partial charge in [-0.05, 0) is 89.9 Å². The zero-order chi connectivity index (χ0) is 52.9. The van der Waals surface area contributed by atoms with E-state index in [9.17, 15) is 28.8 Å². The van der Waals surface area contributed by atoms with Gasteiger partial charge in [-0.3, -0.25) is 28.8 Å². The number of aromatic nitrogens is 5. The number of aryl methyl sites for hydroxylation is 1. The van der Waals surface area contributed by atoms with Gasteiger partial charge in [-0.2, -0.15) is 0 Å². The molecule has 0 spiro atoms. The van der Waals surface area contributed by atoms with E-state index in [0.29, 0.717) is 47.7 Å². The summed E-state index contributed by atoms with van der Waals surface area (Å²) in [5.41, 5.74) is 23.4. The summed E-state index contributed by atoms with van der Waals surface area (Å²) in [6, 6.07) is 21.5. The number of rotatable bonds is 25. The summed E-state index contributed by atoms with van der Waals surface area (Å²) in [4.78, 5) is 99.9. The van der Waals surface area contributed by atoms with E-state index in [0.717, 1.165) is 37.9 Å². The number of nitrogen functional groups attached to an aromatic ring is 1. The highest BCUT2D eigenvalue weighted by Crippen LogP contribution is 2.48. The second-order valence-electron chi connectivity index (χ2n) is 18.6. The van der Waals surface area contributed by atoms with E-state index in [-0.39, 0.29) is 94.1 Å². The molecule has 0 aliphatic carbocycles. The highest BCUT2D eigenvalue weighted by Gasteiger charge is 2.30. The molecule has 0 bridgehead atoms. The predicted octanol–water partition coefficient (Wildman–Crippen LogP) is 5.67. The number of nitrogens with two attached hydrogens (primary N) is 3. The minimum Gasteiger partial charge on any atom is -0.445 e. The van der Waals surface area contributed by atoms with Crippen LogP contribution in [0.15, 0.2) is 99.8 Å².